The first kappa shape index (κ1) is 79.1. The zero-order valence-electron chi connectivity index (χ0n) is 55.0. The first-order valence-corrected chi connectivity index (χ1v) is 36.3. The molecule has 0 saturated heterocycles. The van der Waals surface area contributed by atoms with E-state index in [9.17, 15) is 14.4 Å². The standard InChI is InChI=1S/C76H138O6/c1-4-7-10-13-16-19-22-25-28-31-34-36-37-38-39-41-42-45-48-51-54-57-60-63-66-69-75(78)81-72-73(71-80-74(77)68-65-62-59-56-53-50-47-44-33-30-27-24-21-18-15-12-9-6-3)82-76(79)70-67-64-61-58-55-52-49-46-43-40-35-32-29-26-23-20-17-14-11-8-5-2/h8,11,17,20,26,29,35,40,46,49,73H,4-7,9-10,12-16,18-19,21-25,27-28,30-34,36-39,41-45,47-48,50-72H2,1-3H3/b11-8-,20-17-,29-26-,40-35-,49-46-. The number of carbonyl (C=O) groups excluding carboxylic acids is 3. The molecule has 0 rings (SSSR count). The van der Waals surface area contributed by atoms with Crippen molar-refractivity contribution in [2.75, 3.05) is 13.2 Å². The summed E-state index contributed by atoms with van der Waals surface area (Å²) in [6, 6.07) is 0. The predicted molar refractivity (Wildman–Crippen MR) is 358 cm³/mol. The average Bonchev–Trinajstić information content (AvgIpc) is 3.47. The summed E-state index contributed by atoms with van der Waals surface area (Å²) in [4.78, 5) is 38.5. The van der Waals surface area contributed by atoms with E-state index in [1.54, 1.807) is 0 Å². The fourth-order valence-electron chi connectivity index (χ4n) is 10.9. The first-order valence-electron chi connectivity index (χ1n) is 36.3. The molecular weight excluding hydrogens is 1010 g/mol. The number of carbonyl (C=O) groups is 3. The van der Waals surface area contributed by atoms with Gasteiger partial charge in [-0.15, -0.1) is 0 Å². The zero-order valence-corrected chi connectivity index (χ0v) is 55.0. The molecule has 6 nitrogen and oxygen atoms in total. The highest BCUT2D eigenvalue weighted by Gasteiger charge is 2.19. The second-order valence-electron chi connectivity index (χ2n) is 24.5. The molecule has 0 heterocycles. The third-order valence-corrected chi connectivity index (χ3v) is 16.3. The molecule has 82 heavy (non-hydrogen) atoms. The summed E-state index contributed by atoms with van der Waals surface area (Å²) in [6.07, 6.45) is 91.1. The molecule has 0 bridgehead atoms. The predicted octanol–water partition coefficient (Wildman–Crippen LogP) is 25.1. The van der Waals surface area contributed by atoms with Crippen LogP contribution in [0.25, 0.3) is 0 Å². The summed E-state index contributed by atoms with van der Waals surface area (Å²) in [5.41, 5.74) is 0. The van der Waals surface area contributed by atoms with Gasteiger partial charge in [-0.3, -0.25) is 14.4 Å². The Balaban J connectivity index is 4.33. The van der Waals surface area contributed by atoms with Crippen molar-refractivity contribution >= 4 is 17.9 Å². The lowest BCUT2D eigenvalue weighted by Gasteiger charge is -2.18. The van der Waals surface area contributed by atoms with Crippen LogP contribution in [0.2, 0.25) is 0 Å². The number of allylic oxidation sites excluding steroid dienone is 10. The van der Waals surface area contributed by atoms with Crippen molar-refractivity contribution in [3.05, 3.63) is 60.8 Å². The number of rotatable bonds is 67. The van der Waals surface area contributed by atoms with Gasteiger partial charge in [0, 0.05) is 19.3 Å². The average molecular weight is 1150 g/mol. The van der Waals surface area contributed by atoms with E-state index in [1.807, 2.05) is 0 Å². The molecule has 6 heteroatoms. The maximum absolute atomic E-state index is 13.0. The maximum Gasteiger partial charge on any atom is 0.306 e. The Morgan fingerprint density at radius 3 is 0.744 bits per heavy atom. The van der Waals surface area contributed by atoms with Crippen LogP contribution in [0.3, 0.4) is 0 Å². The first-order chi connectivity index (χ1) is 40.5. The molecule has 0 aromatic carbocycles. The lowest BCUT2D eigenvalue weighted by molar-refractivity contribution is -0.167. The summed E-state index contributed by atoms with van der Waals surface area (Å²) in [5, 5.41) is 0. The molecule has 1 unspecified atom stereocenters. The van der Waals surface area contributed by atoms with E-state index < -0.39 is 6.10 Å². The van der Waals surface area contributed by atoms with Gasteiger partial charge in [0.1, 0.15) is 13.2 Å². The maximum atomic E-state index is 13.0. The fourth-order valence-corrected chi connectivity index (χ4v) is 10.9. The quantitative estimate of drug-likeness (QED) is 0.0261. The third kappa shape index (κ3) is 67.9. The molecule has 0 spiro atoms. The van der Waals surface area contributed by atoms with E-state index in [1.165, 1.54) is 238 Å². The van der Waals surface area contributed by atoms with Gasteiger partial charge in [0.25, 0.3) is 0 Å². The summed E-state index contributed by atoms with van der Waals surface area (Å²) >= 11 is 0. The van der Waals surface area contributed by atoms with Crippen LogP contribution in [0.1, 0.15) is 387 Å². The van der Waals surface area contributed by atoms with Gasteiger partial charge in [-0.2, -0.15) is 0 Å². The molecule has 478 valence electrons. The van der Waals surface area contributed by atoms with Gasteiger partial charge < -0.3 is 14.2 Å². The van der Waals surface area contributed by atoms with Crippen LogP contribution in [0, 0.1) is 0 Å². The van der Waals surface area contributed by atoms with Crippen LogP contribution in [0.4, 0.5) is 0 Å². The van der Waals surface area contributed by atoms with Crippen molar-refractivity contribution < 1.29 is 28.6 Å². The van der Waals surface area contributed by atoms with E-state index in [4.69, 9.17) is 14.2 Å². The van der Waals surface area contributed by atoms with Crippen LogP contribution in [-0.2, 0) is 28.6 Å². The van der Waals surface area contributed by atoms with E-state index in [0.29, 0.717) is 19.3 Å². The van der Waals surface area contributed by atoms with Gasteiger partial charge in [0.05, 0.1) is 0 Å². The summed E-state index contributed by atoms with van der Waals surface area (Å²) in [6.45, 7) is 6.59. The zero-order chi connectivity index (χ0) is 59.2. The van der Waals surface area contributed by atoms with Gasteiger partial charge in [-0.25, -0.2) is 0 Å². The second-order valence-corrected chi connectivity index (χ2v) is 24.5. The minimum atomic E-state index is -0.784. The van der Waals surface area contributed by atoms with Crippen molar-refractivity contribution in [2.24, 2.45) is 0 Å². The van der Waals surface area contributed by atoms with Crippen LogP contribution in [0.5, 0.6) is 0 Å². The van der Waals surface area contributed by atoms with E-state index in [2.05, 4.69) is 81.5 Å². The number of unbranched alkanes of at least 4 members (excludes halogenated alkanes) is 46. The highest BCUT2D eigenvalue weighted by atomic mass is 16.6. The smallest absolute Gasteiger partial charge is 0.306 e. The van der Waals surface area contributed by atoms with Crippen LogP contribution < -0.4 is 0 Å². The van der Waals surface area contributed by atoms with E-state index in [0.717, 1.165) is 109 Å². The van der Waals surface area contributed by atoms with E-state index in [-0.39, 0.29) is 31.1 Å². The van der Waals surface area contributed by atoms with Gasteiger partial charge in [-0.05, 0) is 64.2 Å². The number of hydrogen-bond donors (Lipinski definition) is 0. The van der Waals surface area contributed by atoms with Gasteiger partial charge in [0.2, 0.25) is 0 Å². The summed E-state index contributed by atoms with van der Waals surface area (Å²) < 4.78 is 17.0. The molecule has 0 aromatic heterocycles. The highest BCUT2D eigenvalue weighted by molar-refractivity contribution is 5.71. The number of ether oxygens (including phenoxy) is 3. The Kier molecular flexibility index (Phi) is 68.1. The summed E-state index contributed by atoms with van der Waals surface area (Å²) in [5.74, 6) is -0.867. The Hall–Kier alpha value is -2.89. The molecule has 0 radical (unpaired) electrons. The molecule has 0 aliphatic heterocycles. The number of hydrogen-bond acceptors (Lipinski definition) is 6. The van der Waals surface area contributed by atoms with Crippen molar-refractivity contribution in [3.63, 3.8) is 0 Å². The Morgan fingerprint density at radius 1 is 0.256 bits per heavy atom. The molecular formula is C76H138O6. The topological polar surface area (TPSA) is 78.9 Å². The molecule has 0 aromatic rings. The van der Waals surface area contributed by atoms with Crippen molar-refractivity contribution in [1.82, 2.24) is 0 Å². The molecule has 0 saturated carbocycles. The van der Waals surface area contributed by atoms with Crippen molar-refractivity contribution in [1.29, 1.82) is 0 Å². The fraction of sp³-hybridized carbons (Fsp3) is 0.829. The van der Waals surface area contributed by atoms with E-state index >= 15 is 0 Å². The normalized spacial score (nSPS) is 12.4. The highest BCUT2D eigenvalue weighted by Crippen LogP contribution is 2.19. The minimum Gasteiger partial charge on any atom is -0.462 e. The van der Waals surface area contributed by atoms with Crippen LogP contribution in [0.15, 0.2) is 60.8 Å². The lowest BCUT2D eigenvalue weighted by atomic mass is 10.0. The Labute approximate surface area is 510 Å². The second kappa shape index (κ2) is 70.6. The van der Waals surface area contributed by atoms with Crippen molar-refractivity contribution in [3.8, 4) is 0 Å². The van der Waals surface area contributed by atoms with Gasteiger partial charge in [0.15, 0.2) is 6.10 Å². The third-order valence-electron chi connectivity index (χ3n) is 16.3. The molecule has 0 aliphatic carbocycles. The van der Waals surface area contributed by atoms with Crippen LogP contribution >= 0.6 is 0 Å². The minimum absolute atomic E-state index is 0.0771. The SMILES string of the molecule is CC/C=C\C/C=C\C/C=C\C/C=C\C/C=C\CCCCCCCC(=O)OC(COC(=O)CCCCCCCCCCCCCCCCCCCC)COC(=O)CCCCCCCCCCCCCCCCCCCCCCCCCCC. The Morgan fingerprint density at radius 2 is 0.476 bits per heavy atom. The Bertz CT molecular complexity index is 1460. The monoisotopic (exact) mass is 1150 g/mol. The molecule has 0 fully saturated rings. The van der Waals surface area contributed by atoms with Gasteiger partial charge in [-0.1, -0.05) is 364 Å². The molecule has 1 atom stereocenters. The lowest BCUT2D eigenvalue weighted by Crippen LogP contribution is -2.30. The largest absolute Gasteiger partial charge is 0.462 e. The van der Waals surface area contributed by atoms with Crippen molar-refractivity contribution in [2.45, 2.75) is 393 Å². The molecule has 0 amide bonds. The van der Waals surface area contributed by atoms with Crippen LogP contribution in [-0.4, -0.2) is 37.2 Å². The summed E-state index contributed by atoms with van der Waals surface area (Å²) in [7, 11) is 0. The van der Waals surface area contributed by atoms with Gasteiger partial charge >= 0.3 is 17.9 Å². The molecule has 0 N–H and O–H groups in total. The molecule has 0 aliphatic rings. The number of esters is 3.